The number of ether oxygens (including phenoxy) is 1. The number of hydrogen-bond donors (Lipinski definition) is 3. The minimum atomic E-state index is -0.905. The summed E-state index contributed by atoms with van der Waals surface area (Å²) in [6.45, 7) is 0. The van der Waals surface area contributed by atoms with E-state index in [-0.39, 0.29) is 5.97 Å². The molecular weight excluding hydrogens is 416 g/mol. The average molecular weight is 436 g/mol. The fourth-order valence-corrected chi connectivity index (χ4v) is 4.20. The van der Waals surface area contributed by atoms with Crippen LogP contribution in [0.1, 0.15) is 20.7 Å². The molecule has 0 unspecified atom stereocenters. The molecular formula is C27H20N2O4. The highest BCUT2D eigenvalue weighted by molar-refractivity contribution is 6.14. The first-order valence-electron chi connectivity index (χ1n) is 10.4. The molecule has 0 amide bonds. The number of carbonyl (C=O) groups excluding carboxylic acids is 1. The van der Waals surface area contributed by atoms with Crippen molar-refractivity contribution in [2.75, 3.05) is 7.11 Å². The molecule has 0 bridgehead atoms. The van der Waals surface area contributed by atoms with E-state index in [2.05, 4.69) is 9.97 Å². The Morgan fingerprint density at radius 1 is 0.636 bits per heavy atom. The van der Waals surface area contributed by atoms with Gasteiger partial charge in [0.25, 0.3) is 0 Å². The van der Waals surface area contributed by atoms with Crippen molar-refractivity contribution in [1.82, 2.24) is 9.97 Å². The molecule has 0 spiro atoms. The van der Waals surface area contributed by atoms with E-state index < -0.39 is 5.97 Å². The Hall–Kier alpha value is -4.58. The normalized spacial score (nSPS) is 10.9. The van der Waals surface area contributed by atoms with Crippen LogP contribution in [0.15, 0.2) is 84.9 Å². The molecule has 4 aromatic carbocycles. The molecule has 0 atom stereocenters. The number of fused-ring (bicyclic) bond motifs is 6. The largest absolute Gasteiger partial charge is 0.478 e. The van der Waals surface area contributed by atoms with Crippen molar-refractivity contribution in [1.29, 1.82) is 0 Å². The molecule has 3 N–H and O–H groups in total. The molecule has 6 aromatic rings. The van der Waals surface area contributed by atoms with Gasteiger partial charge in [0, 0.05) is 32.6 Å². The lowest BCUT2D eigenvalue weighted by molar-refractivity contribution is 0.0602. The summed E-state index contributed by atoms with van der Waals surface area (Å²) in [4.78, 5) is 29.1. The number of aromatic nitrogens is 2. The van der Waals surface area contributed by atoms with Crippen LogP contribution in [0.5, 0.6) is 0 Å². The van der Waals surface area contributed by atoms with Gasteiger partial charge in [-0.25, -0.2) is 9.59 Å². The van der Waals surface area contributed by atoms with Crippen LogP contribution in [0.2, 0.25) is 0 Å². The summed E-state index contributed by atoms with van der Waals surface area (Å²) in [5.41, 5.74) is 4.40. The molecule has 6 heteroatoms. The lowest BCUT2D eigenvalue weighted by atomic mass is 10.1. The predicted molar refractivity (Wildman–Crippen MR) is 130 cm³/mol. The number of carbonyl (C=O) groups is 2. The summed E-state index contributed by atoms with van der Waals surface area (Å²) in [5, 5.41) is 13.3. The molecule has 0 aliphatic carbocycles. The molecule has 0 aliphatic heterocycles. The van der Waals surface area contributed by atoms with E-state index in [1.165, 1.54) is 7.11 Å². The van der Waals surface area contributed by atoms with Gasteiger partial charge in [-0.15, -0.1) is 0 Å². The fraction of sp³-hybridized carbons (Fsp3) is 0.0370. The van der Waals surface area contributed by atoms with Gasteiger partial charge >= 0.3 is 11.9 Å². The van der Waals surface area contributed by atoms with E-state index in [1.54, 1.807) is 18.2 Å². The number of carboxylic acids is 1. The Bertz CT molecular complexity index is 1660. The second-order valence-corrected chi connectivity index (χ2v) is 7.59. The Morgan fingerprint density at radius 2 is 1.09 bits per heavy atom. The van der Waals surface area contributed by atoms with Gasteiger partial charge in [-0.05, 0) is 24.3 Å². The van der Waals surface area contributed by atoms with Crippen LogP contribution in [0.4, 0.5) is 0 Å². The monoisotopic (exact) mass is 436 g/mol. The Labute approximate surface area is 188 Å². The van der Waals surface area contributed by atoms with Crippen LogP contribution in [-0.4, -0.2) is 34.1 Å². The first-order chi connectivity index (χ1) is 16.1. The van der Waals surface area contributed by atoms with Crippen LogP contribution < -0.4 is 0 Å². The SMILES string of the molecule is COC(=O)c1cccc2c1[nH]c1ccccc12.O=C(O)c1cccc2c1[nH]c1ccccc12. The number of rotatable bonds is 2. The maximum Gasteiger partial charge on any atom is 0.339 e. The van der Waals surface area contributed by atoms with E-state index in [9.17, 15) is 9.59 Å². The Balaban J connectivity index is 0.000000139. The summed E-state index contributed by atoms with van der Waals surface area (Å²) in [7, 11) is 1.39. The highest BCUT2D eigenvalue weighted by Crippen LogP contribution is 2.28. The molecule has 0 saturated carbocycles. The van der Waals surface area contributed by atoms with Crippen LogP contribution in [0, 0.1) is 0 Å². The summed E-state index contributed by atoms with van der Waals surface area (Å²) < 4.78 is 4.78. The van der Waals surface area contributed by atoms with Crippen LogP contribution in [-0.2, 0) is 4.74 Å². The van der Waals surface area contributed by atoms with Gasteiger partial charge in [0.15, 0.2) is 0 Å². The van der Waals surface area contributed by atoms with Gasteiger partial charge in [0.2, 0.25) is 0 Å². The van der Waals surface area contributed by atoms with E-state index in [0.29, 0.717) is 16.6 Å². The van der Waals surface area contributed by atoms with Crippen molar-refractivity contribution >= 4 is 55.6 Å². The van der Waals surface area contributed by atoms with Crippen LogP contribution in [0.3, 0.4) is 0 Å². The molecule has 6 rings (SSSR count). The zero-order valence-corrected chi connectivity index (χ0v) is 17.8. The van der Waals surface area contributed by atoms with Gasteiger partial charge in [0.1, 0.15) is 0 Å². The number of hydrogen-bond acceptors (Lipinski definition) is 3. The third-order valence-corrected chi connectivity index (χ3v) is 5.72. The predicted octanol–water partition coefficient (Wildman–Crippen LogP) is 6.13. The maximum absolute atomic E-state index is 11.7. The number of esters is 1. The van der Waals surface area contributed by atoms with Gasteiger partial charge in [-0.1, -0.05) is 60.7 Å². The van der Waals surface area contributed by atoms with Gasteiger partial charge in [-0.2, -0.15) is 0 Å². The zero-order chi connectivity index (χ0) is 22.9. The third kappa shape index (κ3) is 3.47. The van der Waals surface area contributed by atoms with Crippen molar-refractivity contribution in [3.05, 3.63) is 96.1 Å². The second-order valence-electron chi connectivity index (χ2n) is 7.59. The van der Waals surface area contributed by atoms with E-state index in [0.717, 1.165) is 38.1 Å². The van der Waals surface area contributed by atoms with Crippen molar-refractivity contribution in [3.8, 4) is 0 Å². The van der Waals surface area contributed by atoms with E-state index in [1.807, 2.05) is 66.7 Å². The minimum absolute atomic E-state index is 0.314. The standard InChI is InChI=1S/C14H11NO2.C13H9NO2/c1-17-14(16)11-7-4-6-10-9-5-2-3-8-12(9)15-13(10)11;15-13(16)10-6-3-5-9-8-4-1-2-7-11(8)14-12(9)10/h2-8,15H,1H3;1-7,14H,(H,15,16). The summed E-state index contributed by atoms with van der Waals surface area (Å²) in [6, 6.07) is 26.7. The number of nitrogens with one attached hydrogen (secondary N) is 2. The van der Waals surface area contributed by atoms with Gasteiger partial charge in [0.05, 0.1) is 29.3 Å². The smallest absolute Gasteiger partial charge is 0.339 e. The average Bonchev–Trinajstić information content (AvgIpc) is 3.42. The number of methoxy groups -OCH3 is 1. The molecule has 2 heterocycles. The molecule has 6 nitrogen and oxygen atoms in total. The maximum atomic E-state index is 11.7. The molecule has 33 heavy (non-hydrogen) atoms. The van der Waals surface area contributed by atoms with Gasteiger partial charge in [-0.3, -0.25) is 0 Å². The van der Waals surface area contributed by atoms with Crippen molar-refractivity contribution in [2.45, 2.75) is 0 Å². The highest BCUT2D eigenvalue weighted by Gasteiger charge is 2.13. The first-order valence-corrected chi connectivity index (χ1v) is 10.4. The summed E-state index contributed by atoms with van der Waals surface area (Å²) in [6.07, 6.45) is 0. The quantitative estimate of drug-likeness (QED) is 0.285. The highest BCUT2D eigenvalue weighted by atomic mass is 16.5. The topological polar surface area (TPSA) is 95.2 Å². The molecule has 0 radical (unpaired) electrons. The number of para-hydroxylation sites is 4. The second kappa shape index (κ2) is 8.16. The molecule has 2 aromatic heterocycles. The lowest BCUT2D eigenvalue weighted by Crippen LogP contribution is -2.01. The fourth-order valence-electron chi connectivity index (χ4n) is 4.20. The number of H-pyrrole nitrogens is 2. The van der Waals surface area contributed by atoms with Crippen LogP contribution in [0.25, 0.3) is 43.6 Å². The number of carboxylic acid groups (broad SMARTS) is 1. The third-order valence-electron chi connectivity index (χ3n) is 5.72. The van der Waals surface area contributed by atoms with E-state index in [4.69, 9.17) is 9.84 Å². The zero-order valence-electron chi connectivity index (χ0n) is 17.8. The summed E-state index contributed by atoms with van der Waals surface area (Å²) >= 11 is 0. The number of aromatic amines is 2. The minimum Gasteiger partial charge on any atom is -0.478 e. The van der Waals surface area contributed by atoms with Crippen molar-refractivity contribution in [2.24, 2.45) is 0 Å². The molecule has 0 aliphatic rings. The van der Waals surface area contributed by atoms with Crippen molar-refractivity contribution in [3.63, 3.8) is 0 Å². The summed E-state index contributed by atoms with van der Waals surface area (Å²) in [5.74, 6) is -1.22. The Morgan fingerprint density at radius 3 is 1.61 bits per heavy atom. The molecule has 162 valence electrons. The van der Waals surface area contributed by atoms with E-state index >= 15 is 0 Å². The molecule has 0 fully saturated rings. The lowest BCUT2D eigenvalue weighted by Gasteiger charge is -2.00. The number of aromatic carboxylic acids is 1. The Kier molecular flexibility index (Phi) is 5.03. The van der Waals surface area contributed by atoms with Crippen molar-refractivity contribution < 1.29 is 19.4 Å². The number of benzene rings is 4. The molecule has 0 saturated heterocycles. The van der Waals surface area contributed by atoms with Crippen LogP contribution >= 0.6 is 0 Å². The first kappa shape index (κ1) is 20.3. The van der Waals surface area contributed by atoms with Gasteiger partial charge < -0.3 is 19.8 Å².